The molecule has 1 aromatic heterocycles. The maximum Gasteiger partial charge on any atom is 0.260 e. The van der Waals surface area contributed by atoms with E-state index in [4.69, 9.17) is 4.74 Å². The molecule has 1 aromatic carbocycles. The highest BCUT2D eigenvalue weighted by Gasteiger charge is 2.28. The molecule has 0 radical (unpaired) electrons. The van der Waals surface area contributed by atoms with Crippen LogP contribution in [0.5, 0.6) is 5.75 Å². The summed E-state index contributed by atoms with van der Waals surface area (Å²) in [6.07, 6.45) is 1.88. The number of amides is 1. The molecule has 2 aromatic rings. The average Bonchev–Trinajstić information content (AvgIpc) is 3.00. The predicted octanol–water partition coefficient (Wildman–Crippen LogP) is 1.80. The predicted molar refractivity (Wildman–Crippen MR) is 98.8 cm³/mol. The zero-order valence-electron chi connectivity index (χ0n) is 16.1. The highest BCUT2D eigenvalue weighted by molar-refractivity contribution is 5.78. The Kier molecular flexibility index (Phi) is 6.05. The third-order valence-electron chi connectivity index (χ3n) is 4.75. The Morgan fingerprint density at radius 3 is 2.93 bits per heavy atom. The Bertz CT molecular complexity index is 792. The van der Waals surface area contributed by atoms with Crippen LogP contribution in [0, 0.1) is 5.82 Å². The van der Waals surface area contributed by atoms with Crippen molar-refractivity contribution in [2.45, 2.75) is 25.3 Å². The second-order valence-electron chi connectivity index (χ2n) is 7.20. The summed E-state index contributed by atoms with van der Waals surface area (Å²) in [6, 6.07) is 5.82. The number of rotatable bonds is 6. The van der Waals surface area contributed by atoms with Crippen molar-refractivity contribution in [3.05, 3.63) is 41.7 Å². The van der Waals surface area contributed by atoms with Gasteiger partial charge in [0.25, 0.3) is 5.91 Å². The van der Waals surface area contributed by atoms with Crippen LogP contribution in [0.4, 0.5) is 4.39 Å². The van der Waals surface area contributed by atoms with Crippen molar-refractivity contribution in [3.63, 3.8) is 0 Å². The molecule has 7 nitrogen and oxygen atoms in total. The molecule has 27 heavy (non-hydrogen) atoms. The van der Waals surface area contributed by atoms with Gasteiger partial charge in [0.15, 0.2) is 6.61 Å². The Balaban J connectivity index is 1.60. The Morgan fingerprint density at radius 2 is 2.19 bits per heavy atom. The molecule has 2 heterocycles. The number of benzene rings is 1. The summed E-state index contributed by atoms with van der Waals surface area (Å²) >= 11 is 0. The zero-order chi connectivity index (χ0) is 19.4. The maximum absolute atomic E-state index is 13.2. The Morgan fingerprint density at radius 1 is 1.37 bits per heavy atom. The van der Waals surface area contributed by atoms with Gasteiger partial charge in [0.1, 0.15) is 23.2 Å². The molecule has 0 saturated carbocycles. The highest BCUT2D eigenvalue weighted by Crippen LogP contribution is 2.26. The summed E-state index contributed by atoms with van der Waals surface area (Å²) in [5.74, 6) is 1.86. The first-order valence-electron chi connectivity index (χ1n) is 9.13. The van der Waals surface area contributed by atoms with Crippen molar-refractivity contribution >= 4 is 5.91 Å². The van der Waals surface area contributed by atoms with Crippen molar-refractivity contribution in [2.24, 2.45) is 7.05 Å². The maximum atomic E-state index is 13.2. The van der Waals surface area contributed by atoms with Crippen LogP contribution < -0.4 is 4.74 Å². The van der Waals surface area contributed by atoms with Gasteiger partial charge in [-0.1, -0.05) is 6.07 Å². The van der Waals surface area contributed by atoms with E-state index in [9.17, 15) is 9.18 Å². The fraction of sp³-hybridized carbons (Fsp3) is 0.526. The standard InChI is InChI=1S/C19H26FN5O2/c1-23(2)12-17-21-22-19(24(17)3)14-6-5-9-25(11-14)18(26)13-27-16-8-4-7-15(20)10-16/h4,7-8,10,14H,5-6,9,11-13H2,1-3H3/t14-/m0/s1. The first-order chi connectivity index (χ1) is 12.9. The first-order valence-corrected chi connectivity index (χ1v) is 9.13. The van der Waals surface area contributed by atoms with Gasteiger partial charge in [-0.3, -0.25) is 4.79 Å². The molecule has 1 amide bonds. The molecular weight excluding hydrogens is 349 g/mol. The van der Waals surface area contributed by atoms with Crippen LogP contribution in [0.2, 0.25) is 0 Å². The van der Waals surface area contributed by atoms with Crippen molar-refractivity contribution in [2.75, 3.05) is 33.8 Å². The molecule has 1 saturated heterocycles. The van der Waals surface area contributed by atoms with Gasteiger partial charge in [-0.05, 0) is 39.1 Å². The quantitative estimate of drug-likeness (QED) is 0.770. The van der Waals surface area contributed by atoms with Crippen LogP contribution in [-0.2, 0) is 18.4 Å². The Labute approximate surface area is 158 Å². The number of hydrogen-bond donors (Lipinski definition) is 0. The molecule has 0 spiro atoms. The van der Waals surface area contributed by atoms with E-state index < -0.39 is 0 Å². The summed E-state index contributed by atoms with van der Waals surface area (Å²) in [7, 11) is 5.96. The third-order valence-corrected chi connectivity index (χ3v) is 4.75. The SMILES string of the molecule is CN(C)Cc1nnc([C@H]2CCCN(C(=O)COc3cccc(F)c3)C2)n1C. The lowest BCUT2D eigenvalue weighted by molar-refractivity contribution is -0.134. The minimum Gasteiger partial charge on any atom is -0.484 e. The minimum absolute atomic E-state index is 0.0964. The highest BCUT2D eigenvalue weighted by atomic mass is 19.1. The van der Waals surface area contributed by atoms with Crippen molar-refractivity contribution < 1.29 is 13.9 Å². The molecule has 146 valence electrons. The normalized spacial score (nSPS) is 17.4. The molecule has 1 atom stereocenters. The van der Waals surface area contributed by atoms with E-state index in [0.29, 0.717) is 18.8 Å². The number of carbonyl (C=O) groups excluding carboxylic acids is 1. The Hall–Kier alpha value is -2.48. The number of aromatic nitrogens is 3. The molecule has 0 aliphatic carbocycles. The van der Waals surface area contributed by atoms with E-state index in [2.05, 4.69) is 10.2 Å². The summed E-state index contributed by atoms with van der Waals surface area (Å²) in [4.78, 5) is 16.4. The number of hydrogen-bond acceptors (Lipinski definition) is 5. The second-order valence-corrected chi connectivity index (χ2v) is 7.20. The fourth-order valence-electron chi connectivity index (χ4n) is 3.36. The van der Waals surface area contributed by atoms with Gasteiger partial charge < -0.3 is 19.1 Å². The van der Waals surface area contributed by atoms with Crippen molar-refractivity contribution in [3.8, 4) is 5.75 Å². The average molecular weight is 375 g/mol. The molecule has 0 N–H and O–H groups in total. The number of halogens is 1. The molecule has 0 unspecified atom stereocenters. The first kappa shape index (κ1) is 19.3. The monoisotopic (exact) mass is 375 g/mol. The van der Waals surface area contributed by atoms with Crippen LogP contribution in [0.3, 0.4) is 0 Å². The summed E-state index contributed by atoms with van der Waals surface area (Å²) in [6.45, 7) is 1.92. The van der Waals surface area contributed by atoms with E-state index in [-0.39, 0.29) is 24.2 Å². The van der Waals surface area contributed by atoms with E-state index in [1.54, 1.807) is 17.0 Å². The molecule has 1 fully saturated rings. The second kappa shape index (κ2) is 8.47. The molecule has 8 heteroatoms. The molecule has 1 aliphatic heterocycles. The number of ether oxygens (including phenoxy) is 1. The van der Waals surface area contributed by atoms with Gasteiger partial charge in [0.05, 0.1) is 6.54 Å². The van der Waals surface area contributed by atoms with Crippen LogP contribution in [0.15, 0.2) is 24.3 Å². The summed E-state index contributed by atoms with van der Waals surface area (Å²) in [5.41, 5.74) is 0. The zero-order valence-corrected chi connectivity index (χ0v) is 16.1. The number of nitrogens with zero attached hydrogens (tertiary/aromatic N) is 5. The number of carbonyl (C=O) groups is 1. The van der Waals surface area contributed by atoms with Gasteiger partial charge in [0.2, 0.25) is 0 Å². The number of piperidine rings is 1. The van der Waals surface area contributed by atoms with Crippen LogP contribution in [0.25, 0.3) is 0 Å². The summed E-state index contributed by atoms with van der Waals surface area (Å²) < 4.78 is 20.7. The molecular formula is C19H26FN5O2. The van der Waals surface area contributed by atoms with E-state index >= 15 is 0 Å². The van der Waals surface area contributed by atoms with E-state index in [1.165, 1.54) is 12.1 Å². The van der Waals surface area contributed by atoms with Crippen LogP contribution >= 0.6 is 0 Å². The third kappa shape index (κ3) is 4.82. The van der Waals surface area contributed by atoms with Gasteiger partial charge >= 0.3 is 0 Å². The lowest BCUT2D eigenvalue weighted by Crippen LogP contribution is -2.42. The van der Waals surface area contributed by atoms with E-state index in [0.717, 1.165) is 31.0 Å². The van der Waals surface area contributed by atoms with Gasteiger partial charge in [-0.2, -0.15) is 0 Å². The van der Waals surface area contributed by atoms with Crippen molar-refractivity contribution in [1.82, 2.24) is 24.6 Å². The lowest BCUT2D eigenvalue weighted by atomic mass is 9.97. The minimum atomic E-state index is -0.381. The summed E-state index contributed by atoms with van der Waals surface area (Å²) in [5, 5.41) is 8.66. The van der Waals surface area contributed by atoms with Crippen LogP contribution in [-0.4, -0.2) is 64.3 Å². The van der Waals surface area contributed by atoms with Crippen LogP contribution in [0.1, 0.15) is 30.4 Å². The van der Waals surface area contributed by atoms with E-state index in [1.807, 2.05) is 30.6 Å². The smallest absolute Gasteiger partial charge is 0.260 e. The van der Waals surface area contributed by atoms with Gasteiger partial charge in [0, 0.05) is 32.1 Å². The fourth-order valence-corrected chi connectivity index (χ4v) is 3.36. The van der Waals surface area contributed by atoms with Crippen molar-refractivity contribution in [1.29, 1.82) is 0 Å². The van der Waals surface area contributed by atoms with Gasteiger partial charge in [-0.25, -0.2) is 4.39 Å². The molecule has 1 aliphatic rings. The molecule has 0 bridgehead atoms. The number of likely N-dealkylation sites (tertiary alicyclic amines) is 1. The largest absolute Gasteiger partial charge is 0.484 e. The van der Waals surface area contributed by atoms with Gasteiger partial charge in [-0.15, -0.1) is 10.2 Å². The molecule has 3 rings (SSSR count). The topological polar surface area (TPSA) is 63.5 Å². The lowest BCUT2D eigenvalue weighted by Gasteiger charge is -2.32.